The molecule has 4 rings (SSSR count). The maximum absolute atomic E-state index is 13.4. The lowest BCUT2D eigenvalue weighted by molar-refractivity contribution is -0.155. The Bertz CT molecular complexity index is 1190. The Morgan fingerprint density at radius 1 is 1.16 bits per heavy atom. The van der Waals surface area contributed by atoms with E-state index in [1.807, 2.05) is 0 Å². The van der Waals surface area contributed by atoms with E-state index in [-0.39, 0.29) is 16.1 Å². The zero-order valence-electron chi connectivity index (χ0n) is 15.5. The van der Waals surface area contributed by atoms with Crippen LogP contribution in [0.1, 0.15) is 23.7 Å². The van der Waals surface area contributed by atoms with E-state index in [9.17, 15) is 39.9 Å². The van der Waals surface area contributed by atoms with Gasteiger partial charge in [-0.15, -0.1) is 0 Å². The molecule has 0 saturated heterocycles. The quantitative estimate of drug-likeness (QED) is 0.127. The maximum Gasteiger partial charge on any atom is 0.256 e. The highest BCUT2D eigenvalue weighted by Gasteiger charge is 2.65. The van der Waals surface area contributed by atoms with Crippen molar-refractivity contribution in [3.05, 3.63) is 45.2 Å². The second-order valence-electron chi connectivity index (χ2n) is 7.48. The highest BCUT2D eigenvalue weighted by atomic mass is 35.5. The molecule has 1 aromatic rings. The number of nitrogens with zero attached hydrogens (tertiary/aromatic N) is 1. The maximum atomic E-state index is 13.4. The number of phenolic OH excluding ortho intramolecular Hbond substituents is 1. The van der Waals surface area contributed by atoms with Gasteiger partial charge in [-0.1, -0.05) is 11.6 Å². The molecule has 0 radical (unpaired) electrons. The number of hydrogen-bond acceptors (Lipinski definition) is 10. The molecular formula is C19H16ClN3O8. The van der Waals surface area contributed by atoms with Crippen LogP contribution in [0.4, 0.5) is 0 Å². The van der Waals surface area contributed by atoms with Crippen LogP contribution in [0.3, 0.4) is 0 Å². The number of benzene rings is 1. The van der Waals surface area contributed by atoms with E-state index in [0.29, 0.717) is 0 Å². The molecule has 1 aromatic carbocycles. The minimum Gasteiger partial charge on any atom is -0.507 e. The molecule has 1 fully saturated rings. The van der Waals surface area contributed by atoms with Gasteiger partial charge in [0.1, 0.15) is 22.8 Å². The number of fused-ring (bicyclic) bond motifs is 3. The van der Waals surface area contributed by atoms with Gasteiger partial charge in [-0.25, -0.2) is 0 Å². The van der Waals surface area contributed by atoms with Crippen LogP contribution in [0, 0.1) is 11.8 Å². The minimum atomic E-state index is -2.99. The number of aliphatic hydroxyl groups excluding tert-OH is 3. The van der Waals surface area contributed by atoms with E-state index in [1.165, 1.54) is 6.07 Å². The van der Waals surface area contributed by atoms with Crippen molar-refractivity contribution in [3.8, 4) is 5.75 Å². The fourth-order valence-electron chi connectivity index (χ4n) is 4.64. The van der Waals surface area contributed by atoms with E-state index < -0.39 is 81.6 Å². The second-order valence-corrected chi connectivity index (χ2v) is 7.89. The Balaban J connectivity index is 2.02. The number of primary amides is 1. The number of nitrogens with two attached hydrogens (primary N) is 2. The number of ketones is 2. The lowest BCUT2D eigenvalue weighted by Gasteiger charge is -2.46. The standard InChI is InChI=1S/C19H16ClN3O8/c20-6-1-2-7(24)10-9(6)13(25)4-3-5-12(23-22)15(27)11(18(21)30)17(29)19(5,31)16(28)8(4)14(10)26/h1-2,4-5,13,24-27,31H,3,22H2,(H2,21,30)/b23-12+/t4-,5-,13-,19-/m0/s1. The van der Waals surface area contributed by atoms with Gasteiger partial charge in [0, 0.05) is 22.1 Å². The lowest BCUT2D eigenvalue weighted by atomic mass is 9.57. The number of aliphatic hydroxyl groups is 4. The Labute approximate surface area is 178 Å². The molecule has 0 heterocycles. The third-order valence-corrected chi connectivity index (χ3v) is 6.39. The van der Waals surface area contributed by atoms with E-state index in [1.54, 1.807) is 0 Å². The van der Waals surface area contributed by atoms with Crippen LogP contribution >= 0.6 is 11.6 Å². The Kier molecular flexibility index (Phi) is 4.40. The number of amides is 1. The van der Waals surface area contributed by atoms with E-state index in [2.05, 4.69) is 5.10 Å². The number of allylic oxidation sites excluding steroid dienone is 1. The molecular weight excluding hydrogens is 434 g/mol. The first-order chi connectivity index (χ1) is 14.5. The highest BCUT2D eigenvalue weighted by molar-refractivity contribution is 6.38. The van der Waals surface area contributed by atoms with Crippen molar-refractivity contribution in [2.45, 2.75) is 18.1 Å². The number of carbonyl (C=O) groups excluding carboxylic acids is 3. The van der Waals surface area contributed by atoms with Gasteiger partial charge in [0.15, 0.2) is 11.4 Å². The predicted octanol–water partition coefficient (Wildman–Crippen LogP) is -0.507. The zero-order valence-corrected chi connectivity index (χ0v) is 16.3. The molecule has 4 atom stereocenters. The largest absolute Gasteiger partial charge is 0.507 e. The molecule has 9 N–H and O–H groups in total. The Morgan fingerprint density at radius 3 is 2.39 bits per heavy atom. The molecule has 31 heavy (non-hydrogen) atoms. The van der Waals surface area contributed by atoms with Gasteiger partial charge < -0.3 is 37.1 Å². The molecule has 0 unspecified atom stereocenters. The SMILES string of the molecule is N/N=C1/C(O)=C(C(N)=O)C(=O)[C@@]2(O)C(=O)C3=C(O)c4c(O)ccc(Cl)c4[C@@H](O)[C@H]3C[C@@H]12. The number of aromatic hydroxyl groups is 1. The van der Waals surface area contributed by atoms with Crippen molar-refractivity contribution in [1.82, 2.24) is 0 Å². The van der Waals surface area contributed by atoms with Crippen molar-refractivity contribution >= 4 is 40.5 Å². The Hall–Kier alpha value is -3.41. The van der Waals surface area contributed by atoms with Crippen LogP contribution in [-0.4, -0.2) is 54.3 Å². The van der Waals surface area contributed by atoms with Gasteiger partial charge in [-0.05, 0) is 18.6 Å². The normalized spacial score (nSPS) is 31.5. The first-order valence-corrected chi connectivity index (χ1v) is 9.32. The third kappa shape index (κ3) is 2.42. The molecule has 3 aliphatic rings. The zero-order chi connectivity index (χ0) is 23.0. The molecule has 11 nitrogen and oxygen atoms in total. The van der Waals surface area contributed by atoms with Gasteiger partial charge in [0.05, 0.1) is 17.6 Å². The van der Waals surface area contributed by atoms with Crippen LogP contribution in [0.5, 0.6) is 5.75 Å². The summed E-state index contributed by atoms with van der Waals surface area (Å²) in [5.41, 5.74) is -0.406. The lowest BCUT2D eigenvalue weighted by Crippen LogP contribution is -2.64. The van der Waals surface area contributed by atoms with Gasteiger partial charge >= 0.3 is 0 Å². The van der Waals surface area contributed by atoms with Crippen LogP contribution in [0.15, 0.2) is 34.1 Å². The monoisotopic (exact) mass is 449 g/mol. The number of hydrogen-bond donors (Lipinski definition) is 7. The van der Waals surface area contributed by atoms with Gasteiger partial charge in [0.2, 0.25) is 11.6 Å². The molecule has 162 valence electrons. The molecule has 3 aliphatic carbocycles. The van der Waals surface area contributed by atoms with Crippen LogP contribution in [-0.2, 0) is 14.4 Å². The molecule has 1 amide bonds. The second kappa shape index (κ2) is 6.54. The molecule has 12 heteroatoms. The summed E-state index contributed by atoms with van der Waals surface area (Å²) in [4.78, 5) is 38.0. The average Bonchev–Trinajstić information content (AvgIpc) is 2.70. The number of Topliss-reactive ketones (excluding diaryl/α,β-unsaturated/α-hetero) is 2. The van der Waals surface area contributed by atoms with Gasteiger partial charge in [-0.3, -0.25) is 14.4 Å². The van der Waals surface area contributed by atoms with Crippen LogP contribution in [0.25, 0.3) is 5.76 Å². The number of phenols is 1. The number of hydrazone groups is 1. The van der Waals surface area contributed by atoms with Crippen molar-refractivity contribution < 1.29 is 39.9 Å². The van der Waals surface area contributed by atoms with E-state index in [0.717, 1.165) is 6.07 Å². The first kappa shape index (κ1) is 20.8. The number of halogens is 1. The summed E-state index contributed by atoms with van der Waals surface area (Å²) in [6.07, 6.45) is -1.93. The third-order valence-electron chi connectivity index (χ3n) is 6.06. The van der Waals surface area contributed by atoms with Gasteiger partial charge in [0.25, 0.3) is 5.91 Å². The topological polar surface area (TPSA) is 217 Å². The van der Waals surface area contributed by atoms with Crippen LogP contribution in [0.2, 0.25) is 5.02 Å². The van der Waals surface area contributed by atoms with E-state index in [4.69, 9.17) is 23.2 Å². The van der Waals surface area contributed by atoms with Crippen molar-refractivity contribution in [3.63, 3.8) is 0 Å². The molecule has 0 aliphatic heterocycles. The number of rotatable bonds is 1. The molecule has 0 spiro atoms. The highest BCUT2D eigenvalue weighted by Crippen LogP contribution is 2.54. The smallest absolute Gasteiger partial charge is 0.256 e. The first-order valence-electron chi connectivity index (χ1n) is 8.94. The average molecular weight is 450 g/mol. The van der Waals surface area contributed by atoms with Gasteiger partial charge in [-0.2, -0.15) is 5.10 Å². The Morgan fingerprint density at radius 2 is 1.81 bits per heavy atom. The summed E-state index contributed by atoms with van der Waals surface area (Å²) >= 11 is 6.13. The molecule has 0 aromatic heterocycles. The fraction of sp³-hybridized carbons (Fsp3) is 0.263. The van der Waals surface area contributed by atoms with Crippen molar-refractivity contribution in [1.29, 1.82) is 0 Å². The fourth-order valence-corrected chi connectivity index (χ4v) is 4.91. The van der Waals surface area contributed by atoms with Crippen molar-refractivity contribution in [2.75, 3.05) is 0 Å². The summed E-state index contributed by atoms with van der Waals surface area (Å²) < 4.78 is 0. The van der Waals surface area contributed by atoms with Crippen molar-refractivity contribution in [2.24, 2.45) is 28.5 Å². The molecule has 0 bridgehead atoms. The summed E-state index contributed by atoms with van der Waals surface area (Å²) in [5.74, 6) is -4.03. The number of carbonyl (C=O) groups is 3. The van der Waals surface area contributed by atoms with Crippen LogP contribution < -0.4 is 11.6 Å². The summed E-state index contributed by atoms with van der Waals surface area (Å²) in [6, 6.07) is 2.41. The summed E-state index contributed by atoms with van der Waals surface area (Å²) in [6.45, 7) is 0. The van der Waals surface area contributed by atoms with E-state index >= 15 is 0 Å². The summed E-state index contributed by atoms with van der Waals surface area (Å²) in [7, 11) is 0. The summed E-state index contributed by atoms with van der Waals surface area (Å²) in [5, 5.41) is 56.7. The molecule has 1 saturated carbocycles. The minimum absolute atomic E-state index is 0.00891. The predicted molar refractivity (Wildman–Crippen MR) is 105 cm³/mol.